The fourth-order valence-corrected chi connectivity index (χ4v) is 3.23. The van der Waals surface area contributed by atoms with Crippen molar-refractivity contribution in [2.75, 3.05) is 26.3 Å². The predicted octanol–water partition coefficient (Wildman–Crippen LogP) is 3.03. The highest BCUT2D eigenvalue weighted by atomic mass is 19.4. The molecular weight excluding hydrogens is 323 g/mol. The Morgan fingerprint density at radius 2 is 1.88 bits per heavy atom. The summed E-state index contributed by atoms with van der Waals surface area (Å²) in [4.78, 5) is 14.4. The molecule has 0 bridgehead atoms. The van der Waals surface area contributed by atoms with Crippen molar-refractivity contribution in [3.63, 3.8) is 0 Å². The monoisotopic (exact) mass is 343 g/mol. The van der Waals surface area contributed by atoms with E-state index in [-0.39, 0.29) is 17.9 Å². The Morgan fingerprint density at radius 1 is 1.17 bits per heavy atom. The molecule has 1 aromatic rings. The van der Waals surface area contributed by atoms with Crippen molar-refractivity contribution < 1.29 is 27.4 Å². The summed E-state index contributed by atoms with van der Waals surface area (Å²) in [5.74, 6) is -0.100. The van der Waals surface area contributed by atoms with Gasteiger partial charge in [-0.3, -0.25) is 4.79 Å². The SMILES string of the molecule is C[C@@H]1OCC[C@@H]1C(=O)N1CCO[C@@H](c2ccc(C(F)(F)F)cc2)C1. The highest BCUT2D eigenvalue weighted by molar-refractivity contribution is 5.79. The summed E-state index contributed by atoms with van der Waals surface area (Å²) in [6.45, 7) is 3.71. The second-order valence-corrected chi connectivity index (χ2v) is 6.23. The van der Waals surface area contributed by atoms with Crippen LogP contribution in [0.15, 0.2) is 24.3 Å². The molecule has 2 aliphatic heterocycles. The van der Waals surface area contributed by atoms with Crippen molar-refractivity contribution in [2.24, 2.45) is 5.92 Å². The van der Waals surface area contributed by atoms with E-state index in [0.29, 0.717) is 38.3 Å². The zero-order valence-electron chi connectivity index (χ0n) is 13.4. The maximum atomic E-state index is 12.6. The van der Waals surface area contributed by atoms with Crippen LogP contribution in [0.3, 0.4) is 0 Å². The Morgan fingerprint density at radius 3 is 2.46 bits per heavy atom. The molecule has 3 atom stereocenters. The van der Waals surface area contributed by atoms with Gasteiger partial charge in [-0.15, -0.1) is 0 Å². The molecule has 1 aromatic carbocycles. The molecule has 3 rings (SSSR count). The molecule has 0 spiro atoms. The molecule has 2 heterocycles. The number of hydrogen-bond donors (Lipinski definition) is 0. The Kier molecular flexibility index (Phi) is 4.83. The van der Waals surface area contributed by atoms with Gasteiger partial charge < -0.3 is 14.4 Å². The molecule has 0 aliphatic carbocycles. The van der Waals surface area contributed by atoms with E-state index in [9.17, 15) is 18.0 Å². The quantitative estimate of drug-likeness (QED) is 0.829. The number of ether oxygens (including phenoxy) is 2. The van der Waals surface area contributed by atoms with Gasteiger partial charge in [0.1, 0.15) is 6.10 Å². The molecule has 7 heteroatoms. The van der Waals surface area contributed by atoms with E-state index in [1.807, 2.05) is 6.92 Å². The lowest BCUT2D eigenvalue weighted by Gasteiger charge is -2.35. The summed E-state index contributed by atoms with van der Waals surface area (Å²) in [7, 11) is 0. The number of benzene rings is 1. The van der Waals surface area contributed by atoms with Crippen LogP contribution in [0.2, 0.25) is 0 Å². The van der Waals surface area contributed by atoms with E-state index in [1.165, 1.54) is 12.1 Å². The van der Waals surface area contributed by atoms with Gasteiger partial charge in [0.05, 0.1) is 30.7 Å². The Bertz CT molecular complexity index is 588. The van der Waals surface area contributed by atoms with Gasteiger partial charge in [-0.05, 0) is 31.0 Å². The second-order valence-electron chi connectivity index (χ2n) is 6.23. The number of carbonyl (C=O) groups excluding carboxylic acids is 1. The van der Waals surface area contributed by atoms with E-state index < -0.39 is 17.8 Å². The van der Waals surface area contributed by atoms with Gasteiger partial charge in [-0.1, -0.05) is 12.1 Å². The van der Waals surface area contributed by atoms with Crippen LogP contribution >= 0.6 is 0 Å². The summed E-state index contributed by atoms with van der Waals surface area (Å²) in [6, 6.07) is 4.93. The van der Waals surface area contributed by atoms with Gasteiger partial charge in [0.25, 0.3) is 0 Å². The first-order valence-electron chi connectivity index (χ1n) is 8.05. The van der Waals surface area contributed by atoms with Gasteiger partial charge in [0.2, 0.25) is 5.91 Å². The molecule has 132 valence electrons. The highest BCUT2D eigenvalue weighted by Crippen LogP contribution is 2.32. The van der Waals surface area contributed by atoms with E-state index in [4.69, 9.17) is 9.47 Å². The zero-order chi connectivity index (χ0) is 17.3. The van der Waals surface area contributed by atoms with E-state index in [2.05, 4.69) is 0 Å². The van der Waals surface area contributed by atoms with E-state index in [0.717, 1.165) is 12.1 Å². The summed E-state index contributed by atoms with van der Waals surface area (Å²) < 4.78 is 49.0. The maximum Gasteiger partial charge on any atom is 0.416 e. The molecule has 2 aliphatic rings. The van der Waals surface area contributed by atoms with Gasteiger partial charge >= 0.3 is 6.18 Å². The lowest BCUT2D eigenvalue weighted by atomic mass is 9.99. The second kappa shape index (κ2) is 6.72. The highest BCUT2D eigenvalue weighted by Gasteiger charge is 2.36. The summed E-state index contributed by atoms with van der Waals surface area (Å²) in [5.41, 5.74) is -0.0388. The minimum atomic E-state index is -4.35. The van der Waals surface area contributed by atoms with E-state index in [1.54, 1.807) is 4.90 Å². The van der Waals surface area contributed by atoms with Crippen LogP contribution in [0, 0.1) is 5.92 Å². The first kappa shape index (κ1) is 17.2. The number of rotatable bonds is 2. The summed E-state index contributed by atoms with van der Waals surface area (Å²) >= 11 is 0. The average molecular weight is 343 g/mol. The van der Waals surface area contributed by atoms with Crippen molar-refractivity contribution in [1.29, 1.82) is 0 Å². The number of alkyl halides is 3. The maximum absolute atomic E-state index is 12.6. The molecule has 0 saturated carbocycles. The zero-order valence-corrected chi connectivity index (χ0v) is 13.4. The standard InChI is InChI=1S/C17H20F3NO3/c1-11-14(6-8-23-11)16(22)21-7-9-24-15(10-21)12-2-4-13(5-3-12)17(18,19)20/h2-5,11,14-15H,6-10H2,1H3/t11-,14-,15+/m0/s1. The van der Waals surface area contributed by atoms with Crippen LogP contribution < -0.4 is 0 Å². The van der Waals surface area contributed by atoms with Crippen LogP contribution in [0.4, 0.5) is 13.2 Å². The van der Waals surface area contributed by atoms with Crippen LogP contribution in [0.5, 0.6) is 0 Å². The Balaban J connectivity index is 1.68. The number of nitrogens with zero attached hydrogens (tertiary/aromatic N) is 1. The third-order valence-corrected chi connectivity index (χ3v) is 4.68. The molecule has 0 radical (unpaired) electrons. The predicted molar refractivity (Wildman–Crippen MR) is 80.2 cm³/mol. The molecule has 4 nitrogen and oxygen atoms in total. The van der Waals surface area contributed by atoms with Gasteiger partial charge in [0, 0.05) is 13.2 Å². The number of morpholine rings is 1. The molecule has 2 fully saturated rings. The van der Waals surface area contributed by atoms with Gasteiger partial charge in [0.15, 0.2) is 0 Å². The van der Waals surface area contributed by atoms with Crippen LogP contribution in [-0.2, 0) is 20.4 Å². The van der Waals surface area contributed by atoms with Crippen LogP contribution in [0.25, 0.3) is 0 Å². The largest absolute Gasteiger partial charge is 0.416 e. The molecule has 0 aromatic heterocycles. The molecule has 24 heavy (non-hydrogen) atoms. The number of hydrogen-bond acceptors (Lipinski definition) is 3. The third kappa shape index (κ3) is 3.57. The normalized spacial score (nSPS) is 28.2. The fourth-order valence-electron chi connectivity index (χ4n) is 3.23. The van der Waals surface area contributed by atoms with Crippen molar-refractivity contribution in [2.45, 2.75) is 31.7 Å². The minimum absolute atomic E-state index is 0.0419. The number of halogens is 3. The average Bonchev–Trinajstić information content (AvgIpc) is 3.00. The van der Waals surface area contributed by atoms with E-state index >= 15 is 0 Å². The number of amides is 1. The van der Waals surface area contributed by atoms with Crippen LogP contribution in [0.1, 0.15) is 30.6 Å². The summed E-state index contributed by atoms with van der Waals surface area (Å²) in [6.07, 6.45) is -4.14. The van der Waals surface area contributed by atoms with Crippen molar-refractivity contribution in [3.8, 4) is 0 Å². The Hall–Kier alpha value is -1.60. The van der Waals surface area contributed by atoms with Gasteiger partial charge in [-0.25, -0.2) is 0 Å². The first-order valence-corrected chi connectivity index (χ1v) is 8.05. The van der Waals surface area contributed by atoms with Crippen molar-refractivity contribution in [1.82, 2.24) is 4.90 Å². The molecule has 2 saturated heterocycles. The summed E-state index contributed by atoms with van der Waals surface area (Å²) in [5, 5.41) is 0. The lowest BCUT2D eigenvalue weighted by Crippen LogP contribution is -2.46. The first-order chi connectivity index (χ1) is 11.4. The van der Waals surface area contributed by atoms with Crippen molar-refractivity contribution in [3.05, 3.63) is 35.4 Å². The number of carbonyl (C=O) groups is 1. The lowest BCUT2D eigenvalue weighted by molar-refractivity contribution is -0.144. The van der Waals surface area contributed by atoms with Crippen LogP contribution in [-0.4, -0.2) is 43.2 Å². The molecule has 1 amide bonds. The molecule has 0 N–H and O–H groups in total. The smallest absolute Gasteiger partial charge is 0.378 e. The van der Waals surface area contributed by atoms with Crippen molar-refractivity contribution >= 4 is 5.91 Å². The third-order valence-electron chi connectivity index (χ3n) is 4.68. The minimum Gasteiger partial charge on any atom is -0.378 e. The fraction of sp³-hybridized carbons (Fsp3) is 0.588. The Labute approximate surface area is 138 Å². The van der Waals surface area contributed by atoms with Gasteiger partial charge in [-0.2, -0.15) is 13.2 Å². The topological polar surface area (TPSA) is 38.8 Å². The molecular formula is C17H20F3NO3. The molecule has 0 unspecified atom stereocenters.